The van der Waals surface area contributed by atoms with E-state index in [1.54, 1.807) is 17.9 Å². The van der Waals surface area contributed by atoms with E-state index in [0.29, 0.717) is 23.8 Å². The summed E-state index contributed by atoms with van der Waals surface area (Å²) in [5.74, 6) is -0.376. The number of halogens is 1. The summed E-state index contributed by atoms with van der Waals surface area (Å²) in [7, 11) is 3.40. The molecule has 1 amide bonds. The molecule has 3 aromatic rings. The predicted octanol–water partition coefficient (Wildman–Crippen LogP) is 3.36. The Hall–Kier alpha value is -2.45. The van der Waals surface area contributed by atoms with Gasteiger partial charge in [0.15, 0.2) is 0 Å². The van der Waals surface area contributed by atoms with Crippen molar-refractivity contribution >= 4 is 33.1 Å². The fourth-order valence-corrected chi connectivity index (χ4v) is 3.48. The van der Waals surface area contributed by atoms with Crippen LogP contribution in [0.15, 0.2) is 24.3 Å². The number of carbonyl (C=O) groups excluding carboxylic acids is 1. The molecule has 0 aliphatic heterocycles. The maximum absolute atomic E-state index is 13.6. The van der Waals surface area contributed by atoms with Crippen LogP contribution in [0.3, 0.4) is 0 Å². The number of fused-ring (bicyclic) bond motifs is 1. The zero-order valence-corrected chi connectivity index (χ0v) is 14.9. The van der Waals surface area contributed by atoms with Crippen LogP contribution in [-0.4, -0.2) is 36.0 Å². The van der Waals surface area contributed by atoms with Gasteiger partial charge >= 0.3 is 0 Å². The quantitative estimate of drug-likeness (QED) is 0.682. The summed E-state index contributed by atoms with van der Waals surface area (Å²) in [6.07, 6.45) is 0. The smallest absolute Gasteiger partial charge is 0.265 e. The van der Waals surface area contributed by atoms with Gasteiger partial charge in [-0.15, -0.1) is 11.3 Å². The maximum atomic E-state index is 13.6. The third kappa shape index (κ3) is 3.64. The van der Waals surface area contributed by atoms with Crippen LogP contribution in [0.5, 0.6) is 5.75 Å². The van der Waals surface area contributed by atoms with Crippen LogP contribution in [0.4, 0.5) is 10.1 Å². The van der Waals surface area contributed by atoms with E-state index in [0.717, 1.165) is 15.9 Å². The summed E-state index contributed by atoms with van der Waals surface area (Å²) in [5, 5.41) is 7.97. The molecule has 0 spiro atoms. The average Bonchev–Trinajstić information content (AvgIpc) is 3.12. The molecule has 25 heavy (non-hydrogen) atoms. The van der Waals surface area contributed by atoms with Gasteiger partial charge in [-0.3, -0.25) is 9.48 Å². The van der Waals surface area contributed by atoms with E-state index >= 15 is 0 Å². The number of aryl methyl sites for hydroxylation is 2. The second-order valence-corrected chi connectivity index (χ2v) is 6.51. The summed E-state index contributed by atoms with van der Waals surface area (Å²) < 4.78 is 25.8. The van der Waals surface area contributed by atoms with E-state index in [2.05, 4.69) is 10.4 Å². The van der Waals surface area contributed by atoms with Gasteiger partial charge in [0, 0.05) is 25.6 Å². The van der Waals surface area contributed by atoms with Crippen molar-refractivity contribution in [1.82, 2.24) is 9.78 Å². The van der Waals surface area contributed by atoms with Crippen LogP contribution >= 0.6 is 11.3 Å². The normalized spacial score (nSPS) is 11.0. The van der Waals surface area contributed by atoms with E-state index in [1.165, 1.54) is 29.5 Å². The van der Waals surface area contributed by atoms with Crippen LogP contribution in [-0.2, 0) is 11.8 Å². The molecule has 2 aromatic heterocycles. The zero-order valence-electron chi connectivity index (χ0n) is 14.1. The first-order valence-corrected chi connectivity index (χ1v) is 8.47. The molecule has 0 unspecified atom stereocenters. The Morgan fingerprint density at radius 3 is 2.88 bits per heavy atom. The number of ether oxygens (including phenoxy) is 2. The summed E-state index contributed by atoms with van der Waals surface area (Å²) in [6, 6.07) is 5.80. The number of nitrogens with one attached hydrogen (secondary N) is 1. The third-order valence-corrected chi connectivity index (χ3v) is 4.86. The Morgan fingerprint density at radius 2 is 2.16 bits per heavy atom. The lowest BCUT2D eigenvalue weighted by atomic mass is 10.2. The fourth-order valence-electron chi connectivity index (χ4n) is 2.46. The molecule has 132 valence electrons. The summed E-state index contributed by atoms with van der Waals surface area (Å²) in [5.41, 5.74) is 1.15. The second kappa shape index (κ2) is 7.20. The van der Waals surface area contributed by atoms with Gasteiger partial charge < -0.3 is 14.8 Å². The van der Waals surface area contributed by atoms with Gasteiger partial charge in [0.2, 0.25) is 0 Å². The van der Waals surface area contributed by atoms with Gasteiger partial charge in [-0.2, -0.15) is 5.10 Å². The Bertz CT molecular complexity index is 885. The van der Waals surface area contributed by atoms with Crippen LogP contribution in [0.1, 0.15) is 15.4 Å². The van der Waals surface area contributed by atoms with Gasteiger partial charge in [-0.25, -0.2) is 4.39 Å². The van der Waals surface area contributed by atoms with Crippen molar-refractivity contribution in [2.45, 2.75) is 6.92 Å². The molecule has 0 bridgehead atoms. The van der Waals surface area contributed by atoms with Crippen LogP contribution in [0.2, 0.25) is 0 Å². The molecule has 2 heterocycles. The molecular weight excluding hydrogens is 345 g/mol. The lowest BCUT2D eigenvalue weighted by Crippen LogP contribution is -2.13. The molecule has 0 fully saturated rings. The van der Waals surface area contributed by atoms with E-state index in [4.69, 9.17) is 9.47 Å². The van der Waals surface area contributed by atoms with Gasteiger partial charge in [0.25, 0.3) is 5.91 Å². The summed E-state index contributed by atoms with van der Waals surface area (Å²) in [6.45, 7) is 2.59. The van der Waals surface area contributed by atoms with Gasteiger partial charge in [0.05, 0.1) is 22.9 Å². The average molecular weight is 363 g/mol. The third-order valence-electron chi connectivity index (χ3n) is 3.65. The SMILES string of the molecule is COCCOc1ccc(F)cc1NC(=O)c1cc2c(C)nn(C)c2s1. The molecule has 0 saturated carbocycles. The molecule has 6 nitrogen and oxygen atoms in total. The minimum absolute atomic E-state index is 0.286. The highest BCUT2D eigenvalue weighted by atomic mass is 32.1. The van der Waals surface area contributed by atoms with Crippen molar-refractivity contribution in [2.75, 3.05) is 25.6 Å². The number of hydrogen-bond acceptors (Lipinski definition) is 5. The molecule has 1 aromatic carbocycles. The topological polar surface area (TPSA) is 65.4 Å². The van der Waals surface area contributed by atoms with E-state index in [-0.39, 0.29) is 11.6 Å². The molecule has 0 atom stereocenters. The van der Waals surface area contributed by atoms with Crippen LogP contribution in [0.25, 0.3) is 10.2 Å². The molecule has 0 aliphatic rings. The first kappa shape index (κ1) is 17.4. The van der Waals surface area contributed by atoms with Crippen molar-refractivity contribution in [3.63, 3.8) is 0 Å². The van der Waals surface area contributed by atoms with Crippen molar-refractivity contribution in [2.24, 2.45) is 7.05 Å². The van der Waals surface area contributed by atoms with E-state index < -0.39 is 5.82 Å². The molecule has 3 rings (SSSR count). The molecule has 8 heteroatoms. The predicted molar refractivity (Wildman–Crippen MR) is 95.1 cm³/mol. The van der Waals surface area contributed by atoms with Gasteiger partial charge in [-0.05, 0) is 25.1 Å². The highest BCUT2D eigenvalue weighted by Crippen LogP contribution is 2.30. The Balaban J connectivity index is 1.83. The summed E-state index contributed by atoms with van der Waals surface area (Å²) in [4.78, 5) is 14.0. The van der Waals surface area contributed by atoms with E-state index in [1.807, 2.05) is 14.0 Å². The standard InChI is InChI=1S/C17H18FN3O3S/c1-10-12-9-15(25-17(12)21(2)20-10)16(22)19-13-8-11(18)4-5-14(13)24-7-6-23-3/h4-5,8-9H,6-7H2,1-3H3,(H,19,22). The number of carbonyl (C=O) groups is 1. The zero-order chi connectivity index (χ0) is 18.0. The van der Waals surface area contributed by atoms with Gasteiger partial charge in [-0.1, -0.05) is 0 Å². The highest BCUT2D eigenvalue weighted by molar-refractivity contribution is 7.20. The number of nitrogens with zero attached hydrogens (tertiary/aromatic N) is 2. The fraction of sp³-hybridized carbons (Fsp3) is 0.294. The van der Waals surface area contributed by atoms with Crippen LogP contribution < -0.4 is 10.1 Å². The number of methoxy groups -OCH3 is 1. The van der Waals surface area contributed by atoms with Crippen molar-refractivity contribution in [3.8, 4) is 5.75 Å². The van der Waals surface area contributed by atoms with Crippen molar-refractivity contribution in [1.29, 1.82) is 0 Å². The maximum Gasteiger partial charge on any atom is 0.265 e. The number of amides is 1. The number of anilines is 1. The van der Waals surface area contributed by atoms with Crippen molar-refractivity contribution < 1.29 is 18.7 Å². The molecule has 0 radical (unpaired) electrons. The highest BCUT2D eigenvalue weighted by Gasteiger charge is 2.17. The Kier molecular flexibility index (Phi) is 5.00. The Morgan fingerprint density at radius 1 is 1.36 bits per heavy atom. The number of rotatable bonds is 6. The van der Waals surface area contributed by atoms with E-state index in [9.17, 15) is 9.18 Å². The first-order valence-electron chi connectivity index (χ1n) is 7.65. The number of aromatic nitrogens is 2. The minimum atomic E-state index is -0.453. The molecule has 0 saturated heterocycles. The second-order valence-electron chi connectivity index (χ2n) is 5.47. The lowest BCUT2D eigenvalue weighted by molar-refractivity contribution is 0.102. The first-order chi connectivity index (χ1) is 12.0. The number of benzene rings is 1. The molecular formula is C17H18FN3O3S. The Labute approximate surface area is 148 Å². The summed E-state index contributed by atoms with van der Waals surface area (Å²) >= 11 is 1.34. The van der Waals surface area contributed by atoms with Crippen LogP contribution in [0, 0.1) is 12.7 Å². The van der Waals surface area contributed by atoms with Crippen molar-refractivity contribution in [3.05, 3.63) is 40.7 Å². The van der Waals surface area contributed by atoms with Gasteiger partial charge in [0.1, 0.15) is 23.0 Å². The minimum Gasteiger partial charge on any atom is -0.489 e. The number of thiophene rings is 1. The number of hydrogen-bond donors (Lipinski definition) is 1. The monoisotopic (exact) mass is 363 g/mol. The molecule has 1 N–H and O–H groups in total. The molecule has 0 aliphatic carbocycles. The largest absolute Gasteiger partial charge is 0.489 e. The lowest BCUT2D eigenvalue weighted by Gasteiger charge is -2.12.